The van der Waals surface area contributed by atoms with Crippen molar-refractivity contribution in [3.8, 4) is 5.75 Å². The number of rotatable bonds is 10. The van der Waals surface area contributed by atoms with Gasteiger partial charge in [0.15, 0.2) is 5.79 Å². The minimum absolute atomic E-state index is 0.00930. The van der Waals surface area contributed by atoms with Gasteiger partial charge in [-0.05, 0) is 67.6 Å². The van der Waals surface area contributed by atoms with Crippen LogP contribution in [0.3, 0.4) is 0 Å². The zero-order chi connectivity index (χ0) is 37.3. The highest BCUT2D eigenvalue weighted by molar-refractivity contribution is 6.31. The fraction of sp³-hybridized carbons (Fsp3) is 0.447. The Balaban J connectivity index is 1.54. The Morgan fingerprint density at radius 3 is 2.49 bits per heavy atom. The number of nitrogens with one attached hydrogen (secondary N) is 2. The number of carbonyl (C=O) groups is 2. The molecule has 3 aromatic rings. The van der Waals surface area contributed by atoms with Crippen LogP contribution in [-0.4, -0.2) is 69.4 Å². The lowest BCUT2D eigenvalue weighted by Crippen LogP contribution is -2.47. The SMILES string of the molecule is C/N=C\[C@]1(c2ccc(Cl)cc2F)[C@H](CC(C)(C)C)N[C@@H](C(=O)Nc2ccc(C(=O)OCC3COC(C)(C)O3)cc2OC)[C@@H]1c1cccc(Cl)c1F. The Hall–Kier alpha value is -3.61. The maximum absolute atomic E-state index is 16.2. The number of ether oxygens (including phenoxy) is 4. The van der Waals surface area contributed by atoms with E-state index in [1.54, 1.807) is 51.4 Å². The predicted octanol–water partition coefficient (Wildman–Crippen LogP) is 7.73. The molecule has 1 unspecified atom stereocenters. The van der Waals surface area contributed by atoms with Gasteiger partial charge in [-0.1, -0.05) is 62.2 Å². The van der Waals surface area contributed by atoms with Crippen molar-refractivity contribution in [1.29, 1.82) is 0 Å². The number of benzene rings is 3. The number of aliphatic imine (C=N–C) groups is 1. The van der Waals surface area contributed by atoms with Gasteiger partial charge in [-0.2, -0.15) is 0 Å². The molecule has 2 aliphatic rings. The van der Waals surface area contributed by atoms with Gasteiger partial charge in [0.05, 0.1) is 41.4 Å². The summed E-state index contributed by atoms with van der Waals surface area (Å²) in [7, 11) is 2.95. The Morgan fingerprint density at radius 2 is 1.86 bits per heavy atom. The third kappa shape index (κ3) is 8.23. The number of nitrogens with zero attached hydrogens (tertiary/aromatic N) is 1. The molecule has 274 valence electrons. The molecule has 5 rings (SSSR count). The van der Waals surface area contributed by atoms with Crippen LogP contribution in [0.2, 0.25) is 10.0 Å². The number of anilines is 1. The predicted molar refractivity (Wildman–Crippen MR) is 193 cm³/mol. The normalized spacial score (nSPS) is 24.5. The van der Waals surface area contributed by atoms with Gasteiger partial charge in [0.2, 0.25) is 5.91 Å². The number of amides is 1. The lowest BCUT2D eigenvalue weighted by Gasteiger charge is -2.40. The van der Waals surface area contributed by atoms with Crippen LogP contribution < -0.4 is 15.4 Å². The molecule has 0 aromatic heterocycles. The lowest BCUT2D eigenvalue weighted by molar-refractivity contribution is -0.142. The van der Waals surface area contributed by atoms with E-state index in [0.29, 0.717) is 6.42 Å². The monoisotopic (exact) mass is 745 g/mol. The van der Waals surface area contributed by atoms with E-state index in [1.165, 1.54) is 37.4 Å². The Labute approximate surface area is 307 Å². The van der Waals surface area contributed by atoms with Crippen LogP contribution >= 0.6 is 23.2 Å². The summed E-state index contributed by atoms with van der Waals surface area (Å²) in [6.45, 7) is 9.90. The minimum atomic E-state index is -1.38. The average Bonchev–Trinajstić information content (AvgIpc) is 3.56. The van der Waals surface area contributed by atoms with Gasteiger partial charge in [-0.15, -0.1) is 0 Å². The molecule has 2 saturated heterocycles. The van der Waals surface area contributed by atoms with Crippen molar-refractivity contribution in [2.45, 2.75) is 76.3 Å². The standard InChI is InChI=1S/C38H43Cl2F2N3O6/c1-36(2,3)17-30-38(20-43-6,25-13-12-22(39)16-27(25)41)31(24-9-8-10-26(40)32(24)42)33(45-30)34(46)44-28-14-11-21(15-29(28)48-7)35(47)49-18-23-19-50-37(4,5)51-23/h8-16,20,23,30-31,33,45H,17-19H2,1-7H3,(H,44,46)/b43-20-/t23?,30-,31-,33+,38-/m0/s1. The van der Waals surface area contributed by atoms with Crippen LogP contribution in [0.15, 0.2) is 59.6 Å². The summed E-state index contributed by atoms with van der Waals surface area (Å²) in [4.78, 5) is 31.8. The summed E-state index contributed by atoms with van der Waals surface area (Å²) in [6, 6.07) is 11.6. The highest BCUT2D eigenvalue weighted by Gasteiger charge is 2.59. The van der Waals surface area contributed by atoms with E-state index in [0.717, 1.165) is 0 Å². The topological polar surface area (TPSA) is 107 Å². The van der Waals surface area contributed by atoms with Gasteiger partial charge in [0.1, 0.15) is 30.1 Å². The molecule has 5 atom stereocenters. The molecule has 0 bridgehead atoms. The molecule has 2 N–H and O–H groups in total. The summed E-state index contributed by atoms with van der Waals surface area (Å²) < 4.78 is 54.5. The third-order valence-electron chi connectivity index (χ3n) is 9.12. The molecule has 9 nitrogen and oxygen atoms in total. The maximum atomic E-state index is 16.2. The fourth-order valence-corrected chi connectivity index (χ4v) is 7.43. The van der Waals surface area contributed by atoms with E-state index in [1.807, 2.05) is 20.8 Å². The molecule has 13 heteroatoms. The van der Waals surface area contributed by atoms with Gasteiger partial charge in [0, 0.05) is 35.8 Å². The van der Waals surface area contributed by atoms with Crippen molar-refractivity contribution in [2.75, 3.05) is 32.7 Å². The second kappa shape index (κ2) is 15.2. The first-order valence-electron chi connectivity index (χ1n) is 16.6. The van der Waals surface area contributed by atoms with Gasteiger partial charge in [-0.3, -0.25) is 9.79 Å². The van der Waals surface area contributed by atoms with Crippen molar-refractivity contribution >= 4 is 47.0 Å². The smallest absolute Gasteiger partial charge is 0.338 e. The summed E-state index contributed by atoms with van der Waals surface area (Å²) >= 11 is 12.5. The van der Waals surface area contributed by atoms with Crippen molar-refractivity contribution in [2.24, 2.45) is 10.4 Å². The lowest BCUT2D eigenvalue weighted by atomic mass is 9.62. The molecule has 0 saturated carbocycles. The van der Waals surface area contributed by atoms with Gasteiger partial charge in [0.25, 0.3) is 0 Å². The van der Waals surface area contributed by atoms with E-state index < -0.39 is 58.8 Å². The first-order chi connectivity index (χ1) is 24.0. The summed E-state index contributed by atoms with van der Waals surface area (Å²) in [5.41, 5.74) is -0.986. The first kappa shape index (κ1) is 38.6. The zero-order valence-corrected chi connectivity index (χ0v) is 31.1. The van der Waals surface area contributed by atoms with Crippen LogP contribution in [0.4, 0.5) is 14.5 Å². The van der Waals surface area contributed by atoms with E-state index in [2.05, 4.69) is 15.6 Å². The molecule has 0 radical (unpaired) electrons. The zero-order valence-electron chi connectivity index (χ0n) is 29.6. The summed E-state index contributed by atoms with van der Waals surface area (Å²) in [5, 5.41) is 6.38. The molecule has 0 spiro atoms. The highest BCUT2D eigenvalue weighted by Crippen LogP contribution is 2.52. The average molecular weight is 747 g/mol. The van der Waals surface area contributed by atoms with E-state index >= 15 is 8.78 Å². The summed E-state index contributed by atoms with van der Waals surface area (Å²) in [5.74, 6) is -4.17. The molecule has 2 aliphatic heterocycles. The van der Waals surface area contributed by atoms with E-state index in [9.17, 15) is 9.59 Å². The number of hydrogen-bond donors (Lipinski definition) is 2. The Kier molecular flexibility index (Phi) is 11.5. The van der Waals surface area contributed by atoms with Gasteiger partial charge in [-0.25, -0.2) is 13.6 Å². The van der Waals surface area contributed by atoms with Crippen LogP contribution in [0.1, 0.15) is 68.4 Å². The van der Waals surface area contributed by atoms with Crippen LogP contribution in [0.25, 0.3) is 0 Å². The van der Waals surface area contributed by atoms with Crippen LogP contribution in [0, 0.1) is 17.0 Å². The second-order valence-electron chi connectivity index (χ2n) is 14.5. The summed E-state index contributed by atoms with van der Waals surface area (Å²) in [6.07, 6.45) is 1.62. The fourth-order valence-electron chi connectivity index (χ4n) is 7.09. The van der Waals surface area contributed by atoms with Crippen LogP contribution in [0.5, 0.6) is 5.75 Å². The Morgan fingerprint density at radius 1 is 1.12 bits per heavy atom. The minimum Gasteiger partial charge on any atom is -0.495 e. The van der Waals surface area contributed by atoms with Crippen molar-refractivity contribution in [1.82, 2.24) is 5.32 Å². The van der Waals surface area contributed by atoms with Gasteiger partial charge >= 0.3 is 5.97 Å². The molecular formula is C38H43Cl2F2N3O6. The molecular weight excluding hydrogens is 703 g/mol. The molecule has 2 fully saturated rings. The number of esters is 1. The largest absolute Gasteiger partial charge is 0.495 e. The number of hydrogen-bond acceptors (Lipinski definition) is 8. The first-order valence-corrected chi connectivity index (χ1v) is 17.3. The number of methoxy groups -OCH3 is 1. The molecule has 0 aliphatic carbocycles. The molecule has 51 heavy (non-hydrogen) atoms. The third-order valence-corrected chi connectivity index (χ3v) is 9.65. The number of halogens is 4. The number of carbonyl (C=O) groups excluding carboxylic acids is 2. The van der Waals surface area contributed by atoms with Crippen molar-refractivity contribution in [3.05, 3.63) is 93.0 Å². The maximum Gasteiger partial charge on any atom is 0.338 e. The van der Waals surface area contributed by atoms with Crippen molar-refractivity contribution < 1.29 is 37.3 Å². The van der Waals surface area contributed by atoms with E-state index in [-0.39, 0.29) is 56.8 Å². The highest BCUT2D eigenvalue weighted by atomic mass is 35.5. The Bertz CT molecular complexity index is 1820. The van der Waals surface area contributed by atoms with Crippen LogP contribution in [-0.2, 0) is 24.4 Å². The molecule has 2 heterocycles. The molecule has 1 amide bonds. The van der Waals surface area contributed by atoms with E-state index in [4.69, 9.17) is 42.1 Å². The van der Waals surface area contributed by atoms with Crippen molar-refractivity contribution in [3.63, 3.8) is 0 Å². The van der Waals surface area contributed by atoms with Gasteiger partial charge < -0.3 is 29.6 Å². The molecule has 3 aromatic carbocycles. The second-order valence-corrected chi connectivity index (χ2v) is 15.3. The quantitative estimate of drug-likeness (QED) is 0.162.